The molecule has 0 aliphatic heterocycles. The first kappa shape index (κ1) is 20.8. The van der Waals surface area contributed by atoms with E-state index in [-0.39, 0.29) is 5.91 Å². The van der Waals surface area contributed by atoms with Crippen LogP contribution in [0, 0.1) is 0 Å². The first-order chi connectivity index (χ1) is 15.0. The van der Waals surface area contributed by atoms with Crippen LogP contribution < -0.4 is 19.5 Å². The molecule has 2 aromatic carbocycles. The van der Waals surface area contributed by atoms with Crippen molar-refractivity contribution in [2.24, 2.45) is 0 Å². The molecule has 1 amide bonds. The van der Waals surface area contributed by atoms with Crippen LogP contribution >= 0.6 is 0 Å². The Hall–Kier alpha value is -3.41. The van der Waals surface area contributed by atoms with Crippen LogP contribution in [0.15, 0.2) is 40.8 Å². The number of fused-ring (bicyclic) bond motifs is 3. The Kier molecular flexibility index (Phi) is 5.89. The highest BCUT2D eigenvalue weighted by Gasteiger charge is 2.20. The van der Waals surface area contributed by atoms with E-state index in [2.05, 4.69) is 11.4 Å². The summed E-state index contributed by atoms with van der Waals surface area (Å²) in [5.41, 5.74) is 4.37. The van der Waals surface area contributed by atoms with E-state index in [1.807, 2.05) is 13.0 Å². The van der Waals surface area contributed by atoms with Gasteiger partial charge in [0.25, 0.3) is 0 Å². The summed E-state index contributed by atoms with van der Waals surface area (Å²) in [7, 11) is 4.76. The fourth-order valence-electron chi connectivity index (χ4n) is 4.11. The summed E-state index contributed by atoms with van der Waals surface area (Å²) in [5, 5.41) is 3.98. The van der Waals surface area contributed by atoms with Crippen LogP contribution in [0.1, 0.15) is 36.7 Å². The maximum Gasteiger partial charge on any atom is 0.248 e. The van der Waals surface area contributed by atoms with Crippen molar-refractivity contribution in [3.8, 4) is 17.2 Å². The molecule has 0 saturated heterocycles. The van der Waals surface area contributed by atoms with Crippen LogP contribution in [-0.2, 0) is 17.6 Å². The van der Waals surface area contributed by atoms with Crippen molar-refractivity contribution < 1.29 is 23.4 Å². The molecule has 3 aromatic rings. The van der Waals surface area contributed by atoms with E-state index in [9.17, 15) is 4.79 Å². The third-order valence-electron chi connectivity index (χ3n) is 5.72. The van der Waals surface area contributed by atoms with Crippen LogP contribution in [0.4, 0.5) is 5.69 Å². The van der Waals surface area contributed by atoms with Gasteiger partial charge in [-0.05, 0) is 50.0 Å². The van der Waals surface area contributed by atoms with Crippen molar-refractivity contribution >= 4 is 28.1 Å². The van der Waals surface area contributed by atoms with Crippen molar-refractivity contribution in [3.63, 3.8) is 0 Å². The first-order valence-electron chi connectivity index (χ1n) is 10.4. The molecule has 0 atom stereocenters. The van der Waals surface area contributed by atoms with Gasteiger partial charge >= 0.3 is 0 Å². The number of carbonyl (C=O) groups is 1. The van der Waals surface area contributed by atoms with E-state index < -0.39 is 0 Å². The number of carbonyl (C=O) groups excluding carboxylic acids is 1. The van der Waals surface area contributed by atoms with E-state index >= 15 is 0 Å². The lowest BCUT2D eigenvalue weighted by atomic mass is 9.94. The number of hydrogen-bond acceptors (Lipinski definition) is 5. The number of furan rings is 1. The SMILES string of the molecule is COc1ccc(NC(=O)/C=C(\C)c2cc3c4c(oc3cc2OC)CCCC4)c(OC)c1. The summed E-state index contributed by atoms with van der Waals surface area (Å²) in [6, 6.07) is 9.25. The van der Waals surface area contributed by atoms with Gasteiger partial charge in [0.15, 0.2) is 0 Å². The van der Waals surface area contributed by atoms with Crippen LogP contribution in [0.25, 0.3) is 16.5 Å². The largest absolute Gasteiger partial charge is 0.497 e. The molecule has 1 aliphatic carbocycles. The first-order valence-corrected chi connectivity index (χ1v) is 10.4. The van der Waals surface area contributed by atoms with Gasteiger partial charge < -0.3 is 23.9 Å². The number of nitrogens with one attached hydrogen (secondary N) is 1. The average molecular weight is 421 g/mol. The summed E-state index contributed by atoms with van der Waals surface area (Å²) < 4.78 is 22.2. The Balaban J connectivity index is 1.65. The van der Waals surface area contributed by atoms with Crippen molar-refractivity contribution in [1.29, 1.82) is 0 Å². The van der Waals surface area contributed by atoms with Gasteiger partial charge in [0, 0.05) is 41.1 Å². The quantitative estimate of drug-likeness (QED) is 0.541. The van der Waals surface area contributed by atoms with Crippen LogP contribution in [0.5, 0.6) is 17.2 Å². The average Bonchev–Trinajstić information content (AvgIpc) is 3.15. The third-order valence-corrected chi connectivity index (χ3v) is 5.72. The molecule has 1 heterocycles. The lowest BCUT2D eigenvalue weighted by Crippen LogP contribution is -2.10. The zero-order valence-corrected chi connectivity index (χ0v) is 18.3. The highest BCUT2D eigenvalue weighted by atomic mass is 16.5. The molecule has 0 bridgehead atoms. The van der Waals surface area contributed by atoms with Gasteiger partial charge in [0.05, 0.1) is 27.0 Å². The Labute approximate surface area is 181 Å². The predicted octanol–water partition coefficient (Wildman–Crippen LogP) is 5.38. The van der Waals surface area contributed by atoms with E-state index in [1.54, 1.807) is 45.6 Å². The summed E-state index contributed by atoms with van der Waals surface area (Å²) in [6.07, 6.45) is 5.89. The second-order valence-electron chi connectivity index (χ2n) is 7.64. The van der Waals surface area contributed by atoms with Crippen molar-refractivity contribution in [2.45, 2.75) is 32.6 Å². The van der Waals surface area contributed by atoms with Crippen LogP contribution in [0.2, 0.25) is 0 Å². The molecule has 0 unspecified atom stereocenters. The minimum absolute atomic E-state index is 0.252. The number of anilines is 1. The molecular formula is C25H27NO5. The van der Waals surface area contributed by atoms with Crippen LogP contribution in [0.3, 0.4) is 0 Å². The monoisotopic (exact) mass is 421 g/mol. The molecule has 1 N–H and O–H groups in total. The molecule has 1 aliphatic rings. The molecule has 0 saturated carbocycles. The van der Waals surface area contributed by atoms with Gasteiger partial charge in [0.2, 0.25) is 5.91 Å². The zero-order chi connectivity index (χ0) is 22.0. The number of allylic oxidation sites excluding steroid dienone is 1. The van der Waals surface area contributed by atoms with Crippen LogP contribution in [-0.4, -0.2) is 27.2 Å². The number of benzene rings is 2. The Bertz CT molecular complexity index is 1160. The molecule has 6 nitrogen and oxygen atoms in total. The minimum atomic E-state index is -0.252. The van der Waals surface area contributed by atoms with Crippen molar-refractivity contribution in [1.82, 2.24) is 0 Å². The predicted molar refractivity (Wildman–Crippen MR) is 121 cm³/mol. The number of rotatable bonds is 6. The van der Waals surface area contributed by atoms with Gasteiger partial charge in [-0.15, -0.1) is 0 Å². The molecule has 31 heavy (non-hydrogen) atoms. The lowest BCUT2D eigenvalue weighted by Gasteiger charge is -2.12. The smallest absolute Gasteiger partial charge is 0.248 e. The van der Waals surface area contributed by atoms with E-state index in [0.717, 1.165) is 47.1 Å². The molecule has 4 rings (SSSR count). The third kappa shape index (κ3) is 4.10. The number of ether oxygens (including phenoxy) is 3. The molecule has 0 spiro atoms. The van der Waals surface area contributed by atoms with Gasteiger partial charge in [0.1, 0.15) is 28.6 Å². The number of hydrogen-bond donors (Lipinski definition) is 1. The standard InChI is InChI=1S/C25H27NO5/c1-15(11-25(27)26-20-10-9-16(28-2)12-24(20)30-4)18-13-19-17-7-5-6-8-21(17)31-23(19)14-22(18)29-3/h9-14H,5-8H2,1-4H3,(H,26,27)/b15-11+. The molecule has 162 valence electrons. The summed E-state index contributed by atoms with van der Waals surface area (Å²) in [6.45, 7) is 1.90. The number of amides is 1. The fourth-order valence-corrected chi connectivity index (χ4v) is 4.11. The second kappa shape index (κ2) is 8.76. The zero-order valence-electron chi connectivity index (χ0n) is 18.3. The molecule has 1 aromatic heterocycles. The molecular weight excluding hydrogens is 394 g/mol. The minimum Gasteiger partial charge on any atom is -0.497 e. The van der Waals surface area contributed by atoms with Crippen molar-refractivity contribution in [3.05, 3.63) is 53.3 Å². The Morgan fingerprint density at radius 2 is 1.77 bits per heavy atom. The topological polar surface area (TPSA) is 69.9 Å². The maximum absolute atomic E-state index is 12.7. The summed E-state index contributed by atoms with van der Waals surface area (Å²) in [4.78, 5) is 12.7. The van der Waals surface area contributed by atoms with Crippen molar-refractivity contribution in [2.75, 3.05) is 26.6 Å². The highest BCUT2D eigenvalue weighted by Crippen LogP contribution is 2.38. The van der Waals surface area contributed by atoms with E-state index in [4.69, 9.17) is 18.6 Å². The van der Waals surface area contributed by atoms with Gasteiger partial charge in [-0.25, -0.2) is 0 Å². The lowest BCUT2D eigenvalue weighted by molar-refractivity contribution is -0.111. The normalized spacial score (nSPS) is 13.6. The van der Waals surface area contributed by atoms with Gasteiger partial charge in [-0.2, -0.15) is 0 Å². The highest BCUT2D eigenvalue weighted by molar-refractivity contribution is 6.05. The number of aryl methyl sites for hydroxylation is 2. The summed E-state index contributed by atoms with van der Waals surface area (Å²) >= 11 is 0. The molecule has 6 heteroatoms. The van der Waals surface area contributed by atoms with E-state index in [1.165, 1.54) is 12.0 Å². The van der Waals surface area contributed by atoms with E-state index in [0.29, 0.717) is 22.9 Å². The fraction of sp³-hybridized carbons (Fsp3) is 0.320. The second-order valence-corrected chi connectivity index (χ2v) is 7.64. The van der Waals surface area contributed by atoms with Gasteiger partial charge in [-0.1, -0.05) is 0 Å². The molecule has 0 radical (unpaired) electrons. The number of methoxy groups -OCH3 is 3. The molecule has 0 fully saturated rings. The Morgan fingerprint density at radius 3 is 2.52 bits per heavy atom. The Morgan fingerprint density at radius 1 is 1.00 bits per heavy atom. The summed E-state index contributed by atoms with van der Waals surface area (Å²) in [5.74, 6) is 2.69. The van der Waals surface area contributed by atoms with Gasteiger partial charge in [-0.3, -0.25) is 4.79 Å². The maximum atomic E-state index is 12.7.